The Morgan fingerprint density at radius 3 is 2.55 bits per heavy atom. The molecule has 0 saturated carbocycles. The molecule has 1 aromatic carbocycles. The molecule has 0 radical (unpaired) electrons. The lowest BCUT2D eigenvalue weighted by molar-refractivity contribution is 1.46. The summed E-state index contributed by atoms with van der Waals surface area (Å²) >= 11 is 5.68. The van der Waals surface area contributed by atoms with E-state index in [1.807, 2.05) is 24.3 Å². The average Bonchev–Trinajstić information content (AvgIpc) is 2.04. The summed E-state index contributed by atoms with van der Waals surface area (Å²) in [5.41, 5.74) is 0.986. The predicted octanol–water partition coefficient (Wildman–Crippen LogP) is 2.41. The van der Waals surface area contributed by atoms with Crippen LogP contribution in [0.4, 0.5) is 5.69 Å². The van der Waals surface area contributed by atoms with Crippen molar-refractivity contribution in [2.24, 2.45) is 4.99 Å². The van der Waals surface area contributed by atoms with Crippen LogP contribution in [0.25, 0.3) is 0 Å². The second-order valence-corrected chi connectivity index (χ2v) is 2.47. The van der Waals surface area contributed by atoms with Gasteiger partial charge in [0.25, 0.3) is 0 Å². The Hall–Kier alpha value is -1.02. The van der Waals surface area contributed by atoms with Gasteiger partial charge in [-0.05, 0) is 24.3 Å². The maximum absolute atomic E-state index is 5.68. The molecule has 0 aliphatic heterocycles. The van der Waals surface area contributed by atoms with Gasteiger partial charge in [0.05, 0.1) is 6.34 Å². The number of halogens is 1. The van der Waals surface area contributed by atoms with Crippen molar-refractivity contribution in [2.45, 2.75) is 0 Å². The number of benzene rings is 1. The van der Waals surface area contributed by atoms with Crippen molar-refractivity contribution in [2.75, 3.05) is 12.4 Å². The van der Waals surface area contributed by atoms with E-state index in [1.165, 1.54) is 0 Å². The minimum absolute atomic E-state index is 0.740. The van der Waals surface area contributed by atoms with E-state index in [-0.39, 0.29) is 0 Å². The second kappa shape index (κ2) is 3.98. The van der Waals surface area contributed by atoms with Gasteiger partial charge in [0.15, 0.2) is 0 Å². The molecular formula is C8H9ClN2. The minimum Gasteiger partial charge on any atom is -0.347 e. The standard InChI is InChI=1S/C8H9ClN2/c1-10-6-11-8-4-2-7(9)3-5-8/h2-6H,1H3,(H,10,11). The van der Waals surface area contributed by atoms with Crippen LogP contribution >= 0.6 is 11.6 Å². The molecule has 0 bridgehead atoms. The molecule has 1 N–H and O–H groups in total. The van der Waals surface area contributed by atoms with Crippen molar-refractivity contribution in [3.8, 4) is 0 Å². The molecule has 0 aliphatic carbocycles. The van der Waals surface area contributed by atoms with E-state index in [0.717, 1.165) is 10.7 Å². The molecule has 1 aromatic rings. The van der Waals surface area contributed by atoms with Gasteiger partial charge in [-0.1, -0.05) is 11.6 Å². The zero-order chi connectivity index (χ0) is 8.10. The second-order valence-electron chi connectivity index (χ2n) is 2.04. The smallest absolute Gasteiger partial charge is 0.0864 e. The number of nitrogens with zero attached hydrogens (tertiary/aromatic N) is 1. The number of nitrogens with one attached hydrogen (secondary N) is 1. The van der Waals surface area contributed by atoms with Crippen LogP contribution in [0.5, 0.6) is 0 Å². The summed E-state index contributed by atoms with van der Waals surface area (Å²) < 4.78 is 0. The lowest BCUT2D eigenvalue weighted by atomic mass is 10.3. The van der Waals surface area contributed by atoms with Crippen molar-refractivity contribution in [1.29, 1.82) is 0 Å². The molecule has 2 nitrogen and oxygen atoms in total. The molecule has 0 amide bonds. The van der Waals surface area contributed by atoms with Crippen molar-refractivity contribution in [1.82, 2.24) is 0 Å². The van der Waals surface area contributed by atoms with Crippen LogP contribution in [0, 0.1) is 0 Å². The Morgan fingerprint density at radius 2 is 2.00 bits per heavy atom. The summed E-state index contributed by atoms with van der Waals surface area (Å²) in [5.74, 6) is 0. The molecule has 0 aromatic heterocycles. The first-order valence-electron chi connectivity index (χ1n) is 3.25. The molecule has 0 spiro atoms. The average molecular weight is 169 g/mol. The number of rotatable bonds is 2. The van der Waals surface area contributed by atoms with Crippen LogP contribution in [-0.2, 0) is 0 Å². The SMILES string of the molecule is C/N=C/Nc1ccc(Cl)cc1. The van der Waals surface area contributed by atoms with Gasteiger partial charge in [-0.2, -0.15) is 0 Å². The summed E-state index contributed by atoms with van der Waals surface area (Å²) in [6.07, 6.45) is 1.63. The molecule has 58 valence electrons. The molecule has 3 heteroatoms. The quantitative estimate of drug-likeness (QED) is 0.532. The third kappa shape index (κ3) is 2.60. The summed E-state index contributed by atoms with van der Waals surface area (Å²) in [6.45, 7) is 0. The van der Waals surface area contributed by atoms with Crippen molar-refractivity contribution < 1.29 is 0 Å². The fraction of sp³-hybridized carbons (Fsp3) is 0.125. The number of anilines is 1. The van der Waals surface area contributed by atoms with Gasteiger partial charge in [-0.25, -0.2) is 0 Å². The van der Waals surface area contributed by atoms with E-state index >= 15 is 0 Å². The Kier molecular flexibility index (Phi) is 2.93. The molecule has 0 heterocycles. The Labute approximate surface area is 70.9 Å². The van der Waals surface area contributed by atoms with E-state index in [1.54, 1.807) is 13.4 Å². The van der Waals surface area contributed by atoms with Gasteiger partial charge in [0.2, 0.25) is 0 Å². The maximum Gasteiger partial charge on any atom is 0.0864 e. The summed E-state index contributed by atoms with van der Waals surface area (Å²) in [4.78, 5) is 3.78. The molecule has 0 aliphatic rings. The van der Waals surface area contributed by atoms with Crippen molar-refractivity contribution in [3.05, 3.63) is 29.3 Å². The Balaban J connectivity index is 2.66. The van der Waals surface area contributed by atoms with Crippen molar-refractivity contribution >= 4 is 23.6 Å². The van der Waals surface area contributed by atoms with Gasteiger partial charge in [-0.15, -0.1) is 0 Å². The van der Waals surface area contributed by atoms with Crippen LogP contribution in [0.15, 0.2) is 29.3 Å². The van der Waals surface area contributed by atoms with Crippen molar-refractivity contribution in [3.63, 3.8) is 0 Å². The predicted molar refractivity (Wildman–Crippen MR) is 49.5 cm³/mol. The molecule has 0 saturated heterocycles. The van der Waals surface area contributed by atoms with Gasteiger partial charge < -0.3 is 5.32 Å². The van der Waals surface area contributed by atoms with Crippen LogP contribution in [0.2, 0.25) is 5.02 Å². The lowest BCUT2D eigenvalue weighted by Gasteiger charge is -1.97. The third-order valence-electron chi connectivity index (χ3n) is 1.20. The van der Waals surface area contributed by atoms with Crippen LogP contribution < -0.4 is 5.32 Å². The molecule has 0 fully saturated rings. The van der Waals surface area contributed by atoms with E-state index in [9.17, 15) is 0 Å². The minimum atomic E-state index is 0.740. The van der Waals surface area contributed by atoms with Crippen LogP contribution in [0.1, 0.15) is 0 Å². The monoisotopic (exact) mass is 168 g/mol. The van der Waals surface area contributed by atoms with Gasteiger partial charge in [0, 0.05) is 17.8 Å². The Bertz CT molecular complexity index is 241. The fourth-order valence-corrected chi connectivity index (χ4v) is 0.811. The molecule has 0 unspecified atom stereocenters. The van der Waals surface area contributed by atoms with Gasteiger partial charge in [0.1, 0.15) is 0 Å². The first kappa shape index (κ1) is 8.08. The highest BCUT2D eigenvalue weighted by Gasteiger charge is 1.87. The molecule has 1 rings (SSSR count). The maximum atomic E-state index is 5.68. The molecule has 0 atom stereocenters. The number of aliphatic imine (C=N–C) groups is 1. The highest BCUT2D eigenvalue weighted by molar-refractivity contribution is 6.30. The third-order valence-corrected chi connectivity index (χ3v) is 1.46. The number of hydrogen-bond donors (Lipinski definition) is 1. The summed E-state index contributed by atoms with van der Waals surface area (Å²) in [5, 5.41) is 3.71. The number of hydrogen-bond acceptors (Lipinski definition) is 1. The first-order chi connectivity index (χ1) is 5.33. The van der Waals surface area contributed by atoms with Crippen LogP contribution in [-0.4, -0.2) is 13.4 Å². The first-order valence-corrected chi connectivity index (χ1v) is 3.63. The van der Waals surface area contributed by atoms with E-state index in [0.29, 0.717) is 0 Å². The van der Waals surface area contributed by atoms with E-state index < -0.39 is 0 Å². The molecule has 11 heavy (non-hydrogen) atoms. The lowest BCUT2D eigenvalue weighted by Crippen LogP contribution is -1.92. The van der Waals surface area contributed by atoms with E-state index in [2.05, 4.69) is 10.3 Å². The largest absolute Gasteiger partial charge is 0.347 e. The summed E-state index contributed by atoms with van der Waals surface area (Å²) in [7, 11) is 1.71. The normalized spacial score (nSPS) is 10.4. The highest BCUT2D eigenvalue weighted by atomic mass is 35.5. The fourth-order valence-electron chi connectivity index (χ4n) is 0.685. The Morgan fingerprint density at radius 1 is 1.36 bits per heavy atom. The topological polar surface area (TPSA) is 24.4 Å². The summed E-state index contributed by atoms with van der Waals surface area (Å²) in [6, 6.07) is 7.44. The van der Waals surface area contributed by atoms with Crippen LogP contribution in [0.3, 0.4) is 0 Å². The van der Waals surface area contributed by atoms with E-state index in [4.69, 9.17) is 11.6 Å². The zero-order valence-electron chi connectivity index (χ0n) is 6.21. The zero-order valence-corrected chi connectivity index (χ0v) is 6.97. The highest BCUT2D eigenvalue weighted by Crippen LogP contribution is 2.12. The van der Waals surface area contributed by atoms with Gasteiger partial charge in [-0.3, -0.25) is 4.99 Å². The molecular weight excluding hydrogens is 160 g/mol. The van der Waals surface area contributed by atoms with Gasteiger partial charge >= 0.3 is 0 Å².